The van der Waals surface area contributed by atoms with Crippen LogP contribution in [0.25, 0.3) is 0 Å². The second-order valence-corrected chi connectivity index (χ2v) is 18.5. The number of rotatable bonds is 30. The fourth-order valence-electron chi connectivity index (χ4n) is 4.05. The molecule has 0 radical (unpaired) electrons. The Morgan fingerprint density at radius 2 is 0.886 bits per heavy atom. The highest BCUT2D eigenvalue weighted by Gasteiger charge is 2.14. The molecule has 1 N–H and O–H groups in total. The second-order valence-electron chi connectivity index (χ2n) is 9.72. The third kappa shape index (κ3) is 31.7. The van der Waals surface area contributed by atoms with E-state index >= 15 is 0 Å². The highest BCUT2D eigenvalue weighted by Crippen LogP contribution is 2.56. The summed E-state index contributed by atoms with van der Waals surface area (Å²) in [5, 5.41) is 0. The molecule has 0 aliphatic rings. The van der Waals surface area contributed by atoms with Gasteiger partial charge in [-0.15, -0.1) is 0 Å². The Morgan fingerprint density at radius 3 is 1.31 bits per heavy atom. The molecule has 1 unspecified atom stereocenters. The number of thioether (sulfide) groups is 2. The maximum absolute atomic E-state index is 10.3. The van der Waals surface area contributed by atoms with Crippen molar-refractivity contribution >= 4 is 52.4 Å². The summed E-state index contributed by atoms with van der Waals surface area (Å²) in [4.78, 5) is 10.3. The zero-order valence-electron chi connectivity index (χ0n) is 23.3. The molecule has 0 rings (SSSR count). The van der Waals surface area contributed by atoms with E-state index in [1.54, 1.807) is 0 Å². The minimum absolute atomic E-state index is 0.592. The Hall–Kier alpha value is 1.62. The molecule has 0 aromatic carbocycles. The van der Waals surface area contributed by atoms with Crippen molar-refractivity contribution in [3.05, 3.63) is 0 Å². The van der Waals surface area contributed by atoms with E-state index in [1.807, 2.05) is 23.5 Å². The Kier molecular flexibility index (Phi) is 31.6. The van der Waals surface area contributed by atoms with Crippen molar-refractivity contribution in [3.63, 3.8) is 0 Å². The Morgan fingerprint density at radius 1 is 0.514 bits per heavy atom. The van der Waals surface area contributed by atoms with Gasteiger partial charge in [-0.05, 0) is 36.2 Å². The Labute approximate surface area is 238 Å². The van der Waals surface area contributed by atoms with Crippen molar-refractivity contribution in [1.29, 1.82) is 0 Å². The zero-order valence-corrected chi connectivity index (χ0v) is 27.5. The molecule has 0 amide bonds. The van der Waals surface area contributed by atoms with Gasteiger partial charge in [0.2, 0.25) is 5.69 Å². The van der Waals surface area contributed by atoms with Gasteiger partial charge in [-0.3, -0.25) is 0 Å². The van der Waals surface area contributed by atoms with Crippen LogP contribution in [0.15, 0.2) is 0 Å². The summed E-state index contributed by atoms with van der Waals surface area (Å²) < 4.78 is 5.66. The summed E-state index contributed by atoms with van der Waals surface area (Å²) in [6.45, 7) is 5.15. The van der Waals surface area contributed by atoms with E-state index in [2.05, 4.69) is 13.8 Å². The summed E-state index contributed by atoms with van der Waals surface area (Å²) in [6, 6.07) is 0. The topological polar surface area (TPSA) is 29.5 Å². The van der Waals surface area contributed by atoms with Crippen molar-refractivity contribution < 1.29 is 9.42 Å². The molecule has 0 fully saturated rings. The quantitative estimate of drug-likeness (QED) is 0.0665. The lowest BCUT2D eigenvalue weighted by Gasteiger charge is -2.14. The van der Waals surface area contributed by atoms with Crippen LogP contribution in [0.3, 0.4) is 0 Å². The van der Waals surface area contributed by atoms with Crippen molar-refractivity contribution in [3.8, 4) is 0 Å². The lowest BCUT2D eigenvalue weighted by atomic mass is 10.1. The second kappa shape index (κ2) is 30.2. The molecule has 1 atom stereocenters. The monoisotopic (exact) mass is 586 g/mol. The molecule has 7 heteroatoms. The van der Waals surface area contributed by atoms with Crippen LogP contribution in [0.5, 0.6) is 0 Å². The molecule has 0 aromatic heterocycles. The number of hydrogen-bond donors (Lipinski definition) is 1. The molecule has 0 aliphatic carbocycles. The fourth-order valence-corrected chi connectivity index (χ4v) is 9.70. The standard InChI is InChI=1S/C28H59O2PS4/c1-3-5-7-9-11-13-15-17-19-21-24-33-26-23-30-31(29,32)35-28-27-34-25-22-20-18-16-14-12-10-8-6-4-2/h3-28H2,1-2H3,(H,29,32). The molecule has 2 nitrogen and oxygen atoms in total. The molecule has 0 saturated carbocycles. The van der Waals surface area contributed by atoms with Gasteiger partial charge < -0.3 is 9.42 Å². The highest BCUT2D eigenvalue weighted by molar-refractivity contribution is 8.67. The minimum Gasteiger partial charge on any atom is -0.337 e. The van der Waals surface area contributed by atoms with E-state index in [-0.39, 0.29) is 0 Å². The highest BCUT2D eigenvalue weighted by atomic mass is 32.9. The van der Waals surface area contributed by atoms with Crippen molar-refractivity contribution in [2.24, 2.45) is 0 Å². The maximum Gasteiger partial charge on any atom is 0.244 e. The molecular weight excluding hydrogens is 528 g/mol. The van der Waals surface area contributed by atoms with Gasteiger partial charge in [-0.2, -0.15) is 23.5 Å². The summed E-state index contributed by atoms with van der Waals surface area (Å²) >= 11 is 10.7. The molecule has 0 spiro atoms. The number of hydrogen-bond acceptors (Lipinski definition) is 5. The normalized spacial score (nSPS) is 13.3. The third-order valence-corrected chi connectivity index (χ3v) is 12.9. The average molecular weight is 587 g/mol. The molecule has 35 heavy (non-hydrogen) atoms. The zero-order chi connectivity index (χ0) is 25.7. The molecule has 212 valence electrons. The number of unbranched alkanes of at least 4 members (excludes halogenated alkanes) is 18. The van der Waals surface area contributed by atoms with Crippen LogP contribution >= 0.6 is 40.6 Å². The Balaban J connectivity index is 3.28. The van der Waals surface area contributed by atoms with Crippen LogP contribution < -0.4 is 0 Å². The van der Waals surface area contributed by atoms with E-state index in [9.17, 15) is 4.89 Å². The lowest BCUT2D eigenvalue weighted by molar-refractivity contribution is 0.344. The van der Waals surface area contributed by atoms with E-state index < -0.39 is 5.69 Å². The minimum atomic E-state index is -2.64. The first-order valence-electron chi connectivity index (χ1n) is 14.9. The van der Waals surface area contributed by atoms with Crippen LogP contribution in [-0.4, -0.2) is 40.3 Å². The van der Waals surface area contributed by atoms with Crippen molar-refractivity contribution in [2.45, 2.75) is 142 Å². The maximum atomic E-state index is 10.3. The SMILES string of the molecule is CCCCCCCCCCCCSCCOP(O)(=S)SCCSCCCCCCCCCCCC. The first-order valence-corrected chi connectivity index (χ1v) is 21.5. The lowest BCUT2D eigenvalue weighted by Crippen LogP contribution is -1.96. The third-order valence-electron chi connectivity index (χ3n) is 6.25. The summed E-state index contributed by atoms with van der Waals surface area (Å²) in [5.41, 5.74) is -2.64. The van der Waals surface area contributed by atoms with Crippen LogP contribution in [0.1, 0.15) is 142 Å². The van der Waals surface area contributed by atoms with Gasteiger partial charge in [0.25, 0.3) is 0 Å². The van der Waals surface area contributed by atoms with E-state index in [0.29, 0.717) is 6.61 Å². The van der Waals surface area contributed by atoms with Gasteiger partial charge >= 0.3 is 0 Å². The Bertz CT molecular complexity index is 419. The first-order chi connectivity index (χ1) is 17.1. The van der Waals surface area contributed by atoms with Gasteiger partial charge in [-0.1, -0.05) is 141 Å². The van der Waals surface area contributed by atoms with Gasteiger partial charge in [0.05, 0.1) is 6.61 Å². The molecule has 0 saturated heterocycles. The van der Waals surface area contributed by atoms with E-state index in [1.165, 1.54) is 151 Å². The van der Waals surface area contributed by atoms with E-state index in [0.717, 1.165) is 17.3 Å². The summed E-state index contributed by atoms with van der Waals surface area (Å²) in [5.74, 6) is 5.36. The molecule has 0 aliphatic heterocycles. The summed E-state index contributed by atoms with van der Waals surface area (Å²) in [7, 11) is 0. The molecule has 0 bridgehead atoms. The fraction of sp³-hybridized carbons (Fsp3) is 1.00. The predicted molar refractivity (Wildman–Crippen MR) is 173 cm³/mol. The van der Waals surface area contributed by atoms with Crippen LogP contribution in [0.2, 0.25) is 0 Å². The molecule has 0 heterocycles. The predicted octanol–water partition coefficient (Wildman–Crippen LogP) is 11.3. The molecular formula is C28H59O2PS4. The van der Waals surface area contributed by atoms with Crippen LogP contribution in [0.4, 0.5) is 0 Å². The summed E-state index contributed by atoms with van der Waals surface area (Å²) in [6.07, 6.45) is 27.9. The van der Waals surface area contributed by atoms with Gasteiger partial charge in [0.15, 0.2) is 0 Å². The smallest absolute Gasteiger partial charge is 0.244 e. The largest absolute Gasteiger partial charge is 0.337 e. The average Bonchev–Trinajstić information content (AvgIpc) is 2.84. The van der Waals surface area contributed by atoms with Gasteiger partial charge in [-0.25, -0.2) is 0 Å². The first kappa shape index (κ1) is 36.6. The van der Waals surface area contributed by atoms with Crippen LogP contribution in [-0.2, 0) is 16.3 Å². The van der Waals surface area contributed by atoms with Crippen molar-refractivity contribution in [2.75, 3.05) is 35.4 Å². The van der Waals surface area contributed by atoms with Crippen LogP contribution in [0, 0.1) is 0 Å². The van der Waals surface area contributed by atoms with E-state index in [4.69, 9.17) is 16.3 Å². The molecule has 0 aromatic rings. The van der Waals surface area contributed by atoms with Crippen molar-refractivity contribution in [1.82, 2.24) is 0 Å². The van der Waals surface area contributed by atoms with Gasteiger partial charge in [0.1, 0.15) is 0 Å². The van der Waals surface area contributed by atoms with Gasteiger partial charge in [0, 0.05) is 17.3 Å².